The van der Waals surface area contributed by atoms with Crippen molar-refractivity contribution in [3.05, 3.63) is 65.5 Å². The lowest BCUT2D eigenvalue weighted by Crippen LogP contribution is -2.06. The average Bonchev–Trinajstić information content (AvgIpc) is 3.07. The van der Waals surface area contributed by atoms with E-state index in [4.69, 9.17) is 0 Å². The molecular weight excluding hydrogens is 369 g/mol. The summed E-state index contributed by atoms with van der Waals surface area (Å²) in [4.78, 5) is 3.33. The Balaban J connectivity index is 1.85. The summed E-state index contributed by atoms with van der Waals surface area (Å²) in [6.07, 6.45) is -4.73. The summed E-state index contributed by atoms with van der Waals surface area (Å²) < 4.78 is 66.8. The van der Waals surface area contributed by atoms with Crippen molar-refractivity contribution >= 4 is 9.84 Å². The highest BCUT2D eigenvalue weighted by Gasteiger charge is 2.38. The summed E-state index contributed by atoms with van der Waals surface area (Å²) in [6, 6.07) is 12.4. The molecule has 0 aliphatic rings. The number of aromatic nitrogens is 2. The molecule has 0 aliphatic heterocycles. The van der Waals surface area contributed by atoms with Gasteiger partial charge in [-0.15, -0.1) is 0 Å². The largest absolute Gasteiger partial charge is 0.471 e. The van der Waals surface area contributed by atoms with Crippen molar-refractivity contribution in [1.29, 1.82) is 0 Å². The van der Waals surface area contributed by atoms with E-state index in [1.54, 1.807) is 12.1 Å². The van der Waals surface area contributed by atoms with Crippen LogP contribution >= 0.6 is 0 Å². The highest BCUT2D eigenvalue weighted by Crippen LogP contribution is 2.29. The summed E-state index contributed by atoms with van der Waals surface area (Å²) in [7, 11) is -3.60. The van der Waals surface area contributed by atoms with Gasteiger partial charge in [0.25, 0.3) is 0 Å². The normalized spacial score (nSPS) is 12.3. The topological polar surface area (TPSA) is 73.1 Å². The number of halogens is 3. The SMILES string of the molecule is Cc1ccccc1CS(=O)(=O)c1ccc(-c2noc(C(F)(F)F)n2)cc1. The van der Waals surface area contributed by atoms with Gasteiger partial charge in [-0.2, -0.15) is 18.2 Å². The highest BCUT2D eigenvalue weighted by atomic mass is 32.2. The van der Waals surface area contributed by atoms with Crippen LogP contribution in [0.5, 0.6) is 0 Å². The maximum atomic E-state index is 12.5. The van der Waals surface area contributed by atoms with Gasteiger partial charge in [-0.05, 0) is 42.3 Å². The van der Waals surface area contributed by atoms with Gasteiger partial charge >= 0.3 is 12.1 Å². The zero-order valence-corrected chi connectivity index (χ0v) is 14.3. The lowest BCUT2D eigenvalue weighted by atomic mass is 10.1. The number of alkyl halides is 3. The zero-order chi connectivity index (χ0) is 18.9. The van der Waals surface area contributed by atoms with E-state index in [0.717, 1.165) is 5.56 Å². The third kappa shape index (κ3) is 3.77. The lowest BCUT2D eigenvalue weighted by molar-refractivity contribution is -0.159. The van der Waals surface area contributed by atoms with Crippen LogP contribution in [-0.2, 0) is 21.8 Å². The molecule has 3 rings (SSSR count). The molecule has 0 unspecified atom stereocenters. The van der Waals surface area contributed by atoms with Crippen molar-refractivity contribution in [2.24, 2.45) is 0 Å². The molecule has 0 aliphatic carbocycles. The van der Waals surface area contributed by atoms with Crippen molar-refractivity contribution in [3.8, 4) is 11.4 Å². The van der Waals surface area contributed by atoms with Gasteiger partial charge in [0.1, 0.15) is 0 Å². The average molecular weight is 382 g/mol. The molecule has 5 nitrogen and oxygen atoms in total. The maximum absolute atomic E-state index is 12.5. The molecule has 0 fully saturated rings. The van der Waals surface area contributed by atoms with Crippen LogP contribution in [-0.4, -0.2) is 18.6 Å². The standard InChI is InChI=1S/C17H13F3N2O3S/c1-11-4-2-3-5-13(11)10-26(23,24)14-8-6-12(7-9-14)15-21-16(25-22-15)17(18,19)20/h2-9H,10H2,1H3. The van der Waals surface area contributed by atoms with E-state index in [-0.39, 0.29) is 22.0 Å². The van der Waals surface area contributed by atoms with E-state index in [9.17, 15) is 21.6 Å². The fourth-order valence-electron chi connectivity index (χ4n) is 2.33. The number of hydrogen-bond acceptors (Lipinski definition) is 5. The van der Waals surface area contributed by atoms with Gasteiger partial charge in [-0.25, -0.2) is 8.42 Å². The molecule has 0 saturated carbocycles. The van der Waals surface area contributed by atoms with Crippen LogP contribution in [0.15, 0.2) is 57.9 Å². The van der Waals surface area contributed by atoms with E-state index in [1.807, 2.05) is 19.1 Å². The summed E-state index contributed by atoms with van der Waals surface area (Å²) >= 11 is 0. The molecule has 9 heteroatoms. The van der Waals surface area contributed by atoms with E-state index in [1.165, 1.54) is 24.3 Å². The first-order valence-electron chi connectivity index (χ1n) is 7.45. The van der Waals surface area contributed by atoms with Crippen molar-refractivity contribution < 1.29 is 26.1 Å². The Hall–Kier alpha value is -2.68. The number of hydrogen-bond donors (Lipinski definition) is 0. The van der Waals surface area contributed by atoms with Crippen molar-refractivity contribution in [3.63, 3.8) is 0 Å². The summed E-state index contributed by atoms with van der Waals surface area (Å²) in [5.74, 6) is -1.89. The predicted molar refractivity (Wildman–Crippen MR) is 86.8 cm³/mol. The second-order valence-electron chi connectivity index (χ2n) is 5.63. The van der Waals surface area contributed by atoms with Crippen LogP contribution in [0.3, 0.4) is 0 Å². The number of benzene rings is 2. The summed E-state index contributed by atoms with van der Waals surface area (Å²) in [5, 5.41) is 3.27. The van der Waals surface area contributed by atoms with E-state index in [0.29, 0.717) is 5.56 Å². The summed E-state index contributed by atoms with van der Waals surface area (Å²) in [6.45, 7) is 1.82. The van der Waals surface area contributed by atoms with Gasteiger partial charge in [0.2, 0.25) is 5.82 Å². The molecule has 0 radical (unpaired) electrons. The predicted octanol–water partition coefficient (Wildman–Crippen LogP) is 4.04. The minimum atomic E-state index is -4.73. The molecule has 0 atom stereocenters. The number of nitrogens with zero attached hydrogens (tertiary/aromatic N) is 2. The minimum Gasteiger partial charge on any atom is -0.329 e. The van der Waals surface area contributed by atoms with Crippen LogP contribution in [0.1, 0.15) is 17.0 Å². The fourth-order valence-corrected chi connectivity index (χ4v) is 3.78. The Morgan fingerprint density at radius 2 is 1.69 bits per heavy atom. The second-order valence-corrected chi connectivity index (χ2v) is 7.62. The first-order chi connectivity index (χ1) is 12.2. The molecule has 0 spiro atoms. The monoisotopic (exact) mass is 382 g/mol. The molecule has 136 valence electrons. The Kier molecular flexibility index (Phi) is 4.57. The molecule has 0 saturated heterocycles. The van der Waals surface area contributed by atoms with Gasteiger partial charge in [0, 0.05) is 5.56 Å². The molecule has 1 heterocycles. The highest BCUT2D eigenvalue weighted by molar-refractivity contribution is 7.90. The van der Waals surface area contributed by atoms with Crippen LogP contribution in [0, 0.1) is 6.92 Å². The third-order valence-electron chi connectivity index (χ3n) is 3.75. The number of aryl methyl sites for hydroxylation is 1. The van der Waals surface area contributed by atoms with Gasteiger partial charge in [-0.1, -0.05) is 29.4 Å². The third-order valence-corrected chi connectivity index (χ3v) is 5.43. The summed E-state index contributed by atoms with van der Waals surface area (Å²) in [5.41, 5.74) is 1.77. The zero-order valence-electron chi connectivity index (χ0n) is 13.5. The van der Waals surface area contributed by atoms with E-state index >= 15 is 0 Å². The first-order valence-corrected chi connectivity index (χ1v) is 9.11. The smallest absolute Gasteiger partial charge is 0.329 e. The first kappa shape index (κ1) is 18.1. The molecular formula is C17H13F3N2O3S. The van der Waals surface area contributed by atoms with E-state index < -0.39 is 21.9 Å². The van der Waals surface area contributed by atoms with Gasteiger partial charge in [-0.3, -0.25) is 0 Å². The van der Waals surface area contributed by atoms with Crippen molar-refractivity contribution in [2.75, 3.05) is 0 Å². The van der Waals surface area contributed by atoms with Crippen LogP contribution < -0.4 is 0 Å². The molecule has 3 aromatic rings. The molecule has 2 aromatic carbocycles. The Bertz CT molecular complexity index is 1030. The van der Waals surface area contributed by atoms with Crippen LogP contribution in [0.4, 0.5) is 13.2 Å². The Labute approximate surface area is 147 Å². The van der Waals surface area contributed by atoms with E-state index in [2.05, 4.69) is 14.7 Å². The molecule has 0 bridgehead atoms. The van der Waals surface area contributed by atoms with Gasteiger partial charge in [0.05, 0.1) is 10.6 Å². The quantitative estimate of drug-likeness (QED) is 0.681. The molecule has 0 amide bonds. The van der Waals surface area contributed by atoms with Crippen molar-refractivity contribution in [2.45, 2.75) is 23.7 Å². The lowest BCUT2D eigenvalue weighted by Gasteiger charge is -2.07. The minimum absolute atomic E-state index is 0.0593. The fraction of sp³-hybridized carbons (Fsp3) is 0.176. The molecule has 26 heavy (non-hydrogen) atoms. The van der Waals surface area contributed by atoms with Gasteiger partial charge < -0.3 is 4.52 Å². The van der Waals surface area contributed by atoms with Crippen LogP contribution in [0.2, 0.25) is 0 Å². The Morgan fingerprint density at radius 3 is 2.27 bits per heavy atom. The number of sulfone groups is 1. The number of rotatable bonds is 4. The van der Waals surface area contributed by atoms with Crippen LogP contribution in [0.25, 0.3) is 11.4 Å². The molecule has 0 N–H and O–H groups in total. The van der Waals surface area contributed by atoms with Crippen molar-refractivity contribution in [1.82, 2.24) is 10.1 Å². The Morgan fingerprint density at radius 1 is 1.04 bits per heavy atom. The maximum Gasteiger partial charge on any atom is 0.471 e. The van der Waals surface area contributed by atoms with Gasteiger partial charge in [0.15, 0.2) is 9.84 Å². The second kappa shape index (κ2) is 6.56. The molecule has 1 aromatic heterocycles.